The lowest BCUT2D eigenvalue weighted by molar-refractivity contribution is -0.121. The molecule has 5 N–H and O–H groups in total. The Bertz CT molecular complexity index is 141. The van der Waals surface area contributed by atoms with Crippen molar-refractivity contribution in [2.45, 2.75) is 13.0 Å². The van der Waals surface area contributed by atoms with E-state index in [-0.39, 0.29) is 25.0 Å². The van der Waals surface area contributed by atoms with Gasteiger partial charge in [-0.25, -0.2) is 0 Å². The summed E-state index contributed by atoms with van der Waals surface area (Å²) in [6.07, 6.45) is -0.773. The van der Waals surface area contributed by atoms with Crippen LogP contribution in [-0.2, 0) is 4.79 Å². The molecule has 0 fully saturated rings. The average molecular weight is 176 g/mol. The number of hydrogen-bond donors (Lipinski definition) is 4. The first-order valence-corrected chi connectivity index (χ1v) is 3.87. The average Bonchev–Trinajstić information content (AvgIpc) is 2.03. The molecule has 0 heterocycles. The second-order valence-corrected chi connectivity index (χ2v) is 2.80. The number of primary amides is 1. The van der Waals surface area contributed by atoms with Crippen LogP contribution in [0, 0.1) is 5.92 Å². The lowest BCUT2D eigenvalue weighted by Gasteiger charge is -2.11. The van der Waals surface area contributed by atoms with Crippen LogP contribution >= 0.6 is 0 Å². The van der Waals surface area contributed by atoms with Crippen LogP contribution in [0.15, 0.2) is 0 Å². The molecule has 0 aromatic rings. The van der Waals surface area contributed by atoms with E-state index in [0.717, 1.165) is 0 Å². The minimum absolute atomic E-state index is 0.254. The number of aliphatic hydroxyl groups excluding tert-OH is 2. The number of hydrogen-bond acceptors (Lipinski definition) is 4. The zero-order chi connectivity index (χ0) is 9.56. The predicted octanol–water partition coefficient (Wildman–Crippen LogP) is -1.95. The number of amides is 1. The standard InChI is InChI=1S/C7H16N2O3/c1-5(7(8)12)2-9-3-6(11)4-10/h5-6,9-11H,2-4H2,1H3,(H2,8,12). The molecule has 2 atom stereocenters. The van der Waals surface area contributed by atoms with Crippen molar-refractivity contribution < 1.29 is 15.0 Å². The van der Waals surface area contributed by atoms with Gasteiger partial charge in [0.2, 0.25) is 5.91 Å². The Labute approximate surface area is 71.6 Å². The van der Waals surface area contributed by atoms with Crippen LogP contribution in [0.2, 0.25) is 0 Å². The Kier molecular flexibility index (Phi) is 5.61. The SMILES string of the molecule is CC(CNCC(O)CO)C(N)=O. The van der Waals surface area contributed by atoms with Gasteiger partial charge < -0.3 is 21.3 Å². The number of nitrogens with one attached hydrogen (secondary N) is 1. The molecular formula is C7H16N2O3. The third kappa shape index (κ3) is 5.06. The van der Waals surface area contributed by atoms with E-state index in [1.807, 2.05) is 0 Å². The molecule has 0 aromatic carbocycles. The zero-order valence-corrected chi connectivity index (χ0v) is 7.16. The van der Waals surface area contributed by atoms with E-state index in [1.54, 1.807) is 6.92 Å². The summed E-state index contributed by atoms with van der Waals surface area (Å²) in [5, 5.41) is 20.1. The van der Waals surface area contributed by atoms with E-state index in [4.69, 9.17) is 15.9 Å². The zero-order valence-electron chi connectivity index (χ0n) is 7.16. The van der Waals surface area contributed by atoms with Gasteiger partial charge in [0.1, 0.15) is 0 Å². The van der Waals surface area contributed by atoms with Crippen LogP contribution in [0.4, 0.5) is 0 Å². The predicted molar refractivity (Wildman–Crippen MR) is 44.3 cm³/mol. The Morgan fingerprint density at radius 2 is 2.17 bits per heavy atom. The van der Waals surface area contributed by atoms with Gasteiger partial charge >= 0.3 is 0 Å². The van der Waals surface area contributed by atoms with Crippen molar-refractivity contribution >= 4 is 5.91 Å². The van der Waals surface area contributed by atoms with E-state index in [0.29, 0.717) is 6.54 Å². The third-order valence-electron chi connectivity index (χ3n) is 1.53. The molecule has 0 aliphatic rings. The van der Waals surface area contributed by atoms with Gasteiger partial charge in [0, 0.05) is 19.0 Å². The van der Waals surface area contributed by atoms with Gasteiger partial charge in [0.05, 0.1) is 12.7 Å². The molecule has 0 radical (unpaired) electrons. The fourth-order valence-corrected chi connectivity index (χ4v) is 0.632. The fourth-order valence-electron chi connectivity index (χ4n) is 0.632. The van der Waals surface area contributed by atoms with Crippen molar-refractivity contribution in [3.05, 3.63) is 0 Å². The Balaban J connectivity index is 3.37. The van der Waals surface area contributed by atoms with Crippen molar-refractivity contribution in [2.24, 2.45) is 11.7 Å². The molecule has 12 heavy (non-hydrogen) atoms. The number of rotatable bonds is 6. The minimum Gasteiger partial charge on any atom is -0.394 e. The summed E-state index contributed by atoms with van der Waals surface area (Å²) in [4.78, 5) is 10.5. The Morgan fingerprint density at radius 3 is 2.58 bits per heavy atom. The second-order valence-electron chi connectivity index (χ2n) is 2.80. The van der Waals surface area contributed by atoms with E-state index >= 15 is 0 Å². The van der Waals surface area contributed by atoms with Crippen LogP contribution in [-0.4, -0.2) is 41.9 Å². The molecule has 5 nitrogen and oxygen atoms in total. The van der Waals surface area contributed by atoms with E-state index in [9.17, 15) is 4.79 Å². The first kappa shape index (κ1) is 11.4. The summed E-state index contributed by atoms with van der Waals surface area (Å²) in [7, 11) is 0. The molecule has 72 valence electrons. The minimum atomic E-state index is -0.773. The van der Waals surface area contributed by atoms with E-state index in [1.165, 1.54) is 0 Å². The maximum absolute atomic E-state index is 10.5. The van der Waals surface area contributed by atoms with E-state index < -0.39 is 6.10 Å². The summed E-state index contributed by atoms with van der Waals surface area (Å²) < 4.78 is 0. The summed E-state index contributed by atoms with van der Waals surface area (Å²) in [6.45, 7) is 2.11. The van der Waals surface area contributed by atoms with Crippen molar-refractivity contribution in [3.8, 4) is 0 Å². The van der Waals surface area contributed by atoms with Gasteiger partial charge in [0.25, 0.3) is 0 Å². The number of carbonyl (C=O) groups is 1. The van der Waals surface area contributed by atoms with Crippen molar-refractivity contribution in [1.29, 1.82) is 0 Å². The maximum atomic E-state index is 10.5. The maximum Gasteiger partial charge on any atom is 0.221 e. The molecule has 0 aromatic heterocycles. The molecule has 1 amide bonds. The van der Waals surface area contributed by atoms with E-state index in [2.05, 4.69) is 5.32 Å². The fraction of sp³-hybridized carbons (Fsp3) is 0.857. The lowest BCUT2D eigenvalue weighted by Crippen LogP contribution is -2.36. The van der Waals surface area contributed by atoms with Gasteiger partial charge in [-0.1, -0.05) is 6.92 Å². The molecule has 2 unspecified atom stereocenters. The second kappa shape index (κ2) is 5.93. The highest BCUT2D eigenvalue weighted by atomic mass is 16.3. The highest BCUT2D eigenvalue weighted by Gasteiger charge is 2.08. The Morgan fingerprint density at radius 1 is 1.58 bits per heavy atom. The summed E-state index contributed by atoms with van der Waals surface area (Å²) in [5.74, 6) is -0.628. The van der Waals surface area contributed by atoms with Crippen LogP contribution in [0.1, 0.15) is 6.92 Å². The van der Waals surface area contributed by atoms with Crippen LogP contribution in [0.5, 0.6) is 0 Å². The number of nitrogens with two attached hydrogens (primary N) is 1. The molecule has 0 saturated heterocycles. The molecular weight excluding hydrogens is 160 g/mol. The van der Waals surface area contributed by atoms with Gasteiger partial charge in [-0.2, -0.15) is 0 Å². The molecule has 0 spiro atoms. The van der Waals surface area contributed by atoms with Crippen LogP contribution in [0.3, 0.4) is 0 Å². The summed E-state index contributed by atoms with van der Waals surface area (Å²) >= 11 is 0. The largest absolute Gasteiger partial charge is 0.394 e. The van der Waals surface area contributed by atoms with Crippen molar-refractivity contribution in [1.82, 2.24) is 5.32 Å². The van der Waals surface area contributed by atoms with Crippen LogP contribution in [0.25, 0.3) is 0 Å². The smallest absolute Gasteiger partial charge is 0.221 e. The van der Waals surface area contributed by atoms with Crippen LogP contribution < -0.4 is 11.1 Å². The quantitative estimate of drug-likeness (QED) is 0.378. The summed E-state index contributed by atoms with van der Waals surface area (Å²) in [6, 6.07) is 0. The molecule has 0 saturated carbocycles. The normalized spacial score (nSPS) is 15.6. The van der Waals surface area contributed by atoms with Gasteiger partial charge in [0.15, 0.2) is 0 Å². The molecule has 5 heteroatoms. The molecule has 0 bridgehead atoms. The monoisotopic (exact) mass is 176 g/mol. The number of carbonyl (C=O) groups excluding carboxylic acids is 1. The highest BCUT2D eigenvalue weighted by Crippen LogP contribution is 1.89. The van der Waals surface area contributed by atoms with Crippen molar-refractivity contribution in [2.75, 3.05) is 19.7 Å². The highest BCUT2D eigenvalue weighted by molar-refractivity contribution is 5.76. The summed E-state index contributed by atoms with van der Waals surface area (Å²) in [5.41, 5.74) is 4.99. The molecule has 0 rings (SSSR count). The Hall–Kier alpha value is -0.650. The van der Waals surface area contributed by atoms with Crippen molar-refractivity contribution in [3.63, 3.8) is 0 Å². The molecule has 0 aliphatic heterocycles. The van der Waals surface area contributed by atoms with Gasteiger partial charge in [-0.3, -0.25) is 4.79 Å². The third-order valence-corrected chi connectivity index (χ3v) is 1.53. The van der Waals surface area contributed by atoms with Gasteiger partial charge in [-0.15, -0.1) is 0 Å². The molecule has 0 aliphatic carbocycles. The van der Waals surface area contributed by atoms with Gasteiger partial charge in [-0.05, 0) is 0 Å². The lowest BCUT2D eigenvalue weighted by atomic mass is 10.2. The topological polar surface area (TPSA) is 95.6 Å². The first-order chi connectivity index (χ1) is 5.57. The number of aliphatic hydroxyl groups is 2. The first-order valence-electron chi connectivity index (χ1n) is 3.87.